The van der Waals surface area contributed by atoms with Crippen LogP contribution in [0.15, 0.2) is 14.4 Å². The van der Waals surface area contributed by atoms with E-state index in [0.717, 1.165) is 13.7 Å². The Bertz CT molecular complexity index is 777. The second-order valence-corrected chi connectivity index (χ2v) is 6.86. The molecule has 30 heavy (non-hydrogen) atoms. The Morgan fingerprint density at radius 1 is 0.500 bits per heavy atom. The third-order valence-corrected chi connectivity index (χ3v) is 4.45. The molecule has 1 heterocycles. The monoisotopic (exact) mass is 429 g/mol. The van der Waals surface area contributed by atoms with Gasteiger partial charge in [-0.3, -0.25) is 14.4 Å². The Hall–Kier alpha value is -3.18. The largest absolute Gasteiger partial charge is 0.481 e. The minimum atomic E-state index is -0.999. The van der Waals surface area contributed by atoms with Gasteiger partial charge in [-0.15, -0.1) is 0 Å². The van der Waals surface area contributed by atoms with Crippen molar-refractivity contribution in [3.63, 3.8) is 0 Å². The second kappa shape index (κ2) is 12.4. The highest BCUT2D eigenvalue weighted by Gasteiger charge is 2.15. The van der Waals surface area contributed by atoms with Crippen molar-refractivity contribution in [2.24, 2.45) is 0 Å². The molecule has 0 amide bonds. The first-order valence-corrected chi connectivity index (χ1v) is 9.75. The topological polar surface area (TPSA) is 178 Å². The van der Waals surface area contributed by atoms with Crippen molar-refractivity contribution in [1.29, 1.82) is 0 Å². The van der Waals surface area contributed by atoms with Crippen molar-refractivity contribution in [2.75, 3.05) is 0 Å². The second-order valence-electron chi connectivity index (χ2n) is 6.86. The molecule has 0 aliphatic heterocycles. The average Bonchev–Trinajstić information content (AvgIpc) is 2.65. The smallest absolute Gasteiger partial charge is 0.336 e. The van der Waals surface area contributed by atoms with Crippen molar-refractivity contribution < 1.29 is 29.7 Å². The van der Waals surface area contributed by atoms with Crippen LogP contribution in [0.4, 0.5) is 0 Å². The van der Waals surface area contributed by atoms with Gasteiger partial charge in [0.05, 0.1) is 0 Å². The summed E-state index contributed by atoms with van der Waals surface area (Å²) in [5, 5.41) is 26.1. The van der Waals surface area contributed by atoms with Gasteiger partial charge in [-0.2, -0.15) is 0 Å². The number of hydrogen-bond donors (Lipinski definition) is 3. The van der Waals surface area contributed by atoms with E-state index in [1.807, 2.05) is 0 Å². The normalized spacial score (nSPS) is 10.8. The van der Waals surface area contributed by atoms with Crippen LogP contribution in [-0.2, 0) is 34.0 Å². The molecule has 12 nitrogen and oxygen atoms in total. The quantitative estimate of drug-likeness (QED) is 0.322. The standard InChI is InChI=1S/C18H27N3O9/c22-13(23)7-1-4-10-19-16(28)20(11-5-2-8-14(24)25)18(30)21(17(19)29)12-6-3-9-15(26)27/h1-12H2,(H,22,23)(H,24,25)(H,26,27). The van der Waals surface area contributed by atoms with Gasteiger partial charge in [0.15, 0.2) is 0 Å². The zero-order valence-corrected chi connectivity index (χ0v) is 16.6. The van der Waals surface area contributed by atoms with E-state index in [4.69, 9.17) is 15.3 Å². The first kappa shape index (κ1) is 24.9. The highest BCUT2D eigenvalue weighted by Crippen LogP contribution is 1.99. The lowest BCUT2D eigenvalue weighted by Crippen LogP contribution is -2.54. The predicted octanol–water partition coefficient (Wildman–Crippen LogP) is -0.0636. The molecule has 0 bridgehead atoms. The van der Waals surface area contributed by atoms with Crippen LogP contribution in [0, 0.1) is 0 Å². The van der Waals surface area contributed by atoms with Crippen LogP contribution in [-0.4, -0.2) is 46.9 Å². The zero-order valence-electron chi connectivity index (χ0n) is 16.6. The highest BCUT2D eigenvalue weighted by molar-refractivity contribution is 5.67. The number of carbonyl (C=O) groups is 3. The summed E-state index contributed by atoms with van der Waals surface area (Å²) in [7, 11) is 0. The van der Waals surface area contributed by atoms with Gasteiger partial charge in [-0.1, -0.05) is 0 Å². The molecule has 3 N–H and O–H groups in total. The Kier molecular flexibility index (Phi) is 10.3. The Labute approximate surface area is 171 Å². The fourth-order valence-corrected chi connectivity index (χ4v) is 2.89. The number of rotatable bonds is 15. The zero-order chi connectivity index (χ0) is 22.7. The van der Waals surface area contributed by atoms with Crippen LogP contribution in [0.5, 0.6) is 0 Å². The van der Waals surface area contributed by atoms with Crippen molar-refractivity contribution in [3.05, 3.63) is 31.5 Å². The number of aromatic nitrogens is 3. The highest BCUT2D eigenvalue weighted by atomic mass is 16.4. The maximum atomic E-state index is 12.6. The van der Waals surface area contributed by atoms with E-state index in [2.05, 4.69) is 0 Å². The molecular formula is C18H27N3O9. The maximum Gasteiger partial charge on any atom is 0.336 e. The number of unbranched alkanes of at least 4 members (excludes halogenated alkanes) is 3. The van der Waals surface area contributed by atoms with Crippen LogP contribution < -0.4 is 17.1 Å². The van der Waals surface area contributed by atoms with Gasteiger partial charge in [-0.25, -0.2) is 28.1 Å². The number of hydrogen-bond acceptors (Lipinski definition) is 6. The summed E-state index contributed by atoms with van der Waals surface area (Å²) in [4.78, 5) is 69.8. The van der Waals surface area contributed by atoms with E-state index in [0.29, 0.717) is 0 Å². The van der Waals surface area contributed by atoms with Crippen LogP contribution in [0.25, 0.3) is 0 Å². The third-order valence-electron chi connectivity index (χ3n) is 4.45. The van der Waals surface area contributed by atoms with Gasteiger partial charge in [0.25, 0.3) is 0 Å². The molecule has 0 saturated carbocycles. The average molecular weight is 429 g/mol. The lowest BCUT2D eigenvalue weighted by molar-refractivity contribution is -0.138. The summed E-state index contributed by atoms with van der Waals surface area (Å²) in [5.74, 6) is -3.00. The number of carboxylic acid groups (broad SMARTS) is 3. The van der Waals surface area contributed by atoms with Crippen molar-refractivity contribution in [2.45, 2.75) is 77.4 Å². The molecule has 0 aliphatic carbocycles. The molecular weight excluding hydrogens is 402 g/mol. The summed E-state index contributed by atoms with van der Waals surface area (Å²) in [5.41, 5.74) is -2.47. The minimum absolute atomic E-state index is 0.0600. The number of nitrogens with zero attached hydrogens (tertiary/aromatic N) is 3. The van der Waals surface area contributed by atoms with E-state index in [1.165, 1.54) is 0 Å². The lowest BCUT2D eigenvalue weighted by atomic mass is 10.2. The molecule has 12 heteroatoms. The van der Waals surface area contributed by atoms with Gasteiger partial charge in [0.1, 0.15) is 0 Å². The molecule has 1 aromatic heterocycles. The minimum Gasteiger partial charge on any atom is -0.481 e. The summed E-state index contributed by atoms with van der Waals surface area (Å²) in [6.07, 6.45) is 1.13. The van der Waals surface area contributed by atoms with Gasteiger partial charge in [0.2, 0.25) is 0 Å². The SMILES string of the molecule is O=C(O)CCCCn1c(=O)n(CCCCC(=O)O)c(=O)n(CCCCC(=O)O)c1=O. The number of aliphatic carboxylic acids is 3. The fraction of sp³-hybridized carbons (Fsp3) is 0.667. The lowest BCUT2D eigenvalue weighted by Gasteiger charge is -2.14. The molecule has 0 saturated heterocycles. The molecule has 0 atom stereocenters. The summed E-state index contributed by atoms with van der Waals surface area (Å²) >= 11 is 0. The fourth-order valence-electron chi connectivity index (χ4n) is 2.89. The van der Waals surface area contributed by atoms with E-state index < -0.39 is 35.0 Å². The Morgan fingerprint density at radius 3 is 0.933 bits per heavy atom. The van der Waals surface area contributed by atoms with Crippen LogP contribution >= 0.6 is 0 Å². The number of carboxylic acids is 3. The van der Waals surface area contributed by atoms with E-state index in [9.17, 15) is 28.8 Å². The summed E-state index contributed by atoms with van der Waals surface area (Å²) < 4.78 is 2.62. The van der Waals surface area contributed by atoms with E-state index >= 15 is 0 Å². The van der Waals surface area contributed by atoms with E-state index in [1.54, 1.807) is 0 Å². The van der Waals surface area contributed by atoms with Gasteiger partial charge in [0, 0.05) is 38.9 Å². The third kappa shape index (κ3) is 8.05. The maximum absolute atomic E-state index is 12.6. The van der Waals surface area contributed by atoms with Crippen LogP contribution in [0.2, 0.25) is 0 Å². The van der Waals surface area contributed by atoms with Crippen molar-refractivity contribution >= 4 is 17.9 Å². The predicted molar refractivity (Wildman–Crippen MR) is 104 cm³/mol. The molecule has 168 valence electrons. The van der Waals surface area contributed by atoms with Crippen molar-refractivity contribution in [1.82, 2.24) is 13.7 Å². The molecule has 1 aromatic rings. The molecule has 0 aromatic carbocycles. The van der Waals surface area contributed by atoms with Gasteiger partial charge in [-0.05, 0) is 38.5 Å². The molecule has 0 unspecified atom stereocenters. The van der Waals surface area contributed by atoms with Crippen molar-refractivity contribution in [3.8, 4) is 0 Å². The van der Waals surface area contributed by atoms with Crippen LogP contribution in [0.1, 0.15) is 57.8 Å². The van der Waals surface area contributed by atoms with Gasteiger partial charge >= 0.3 is 35.0 Å². The van der Waals surface area contributed by atoms with Crippen LogP contribution in [0.3, 0.4) is 0 Å². The summed E-state index contributed by atoms with van der Waals surface area (Å²) in [6, 6.07) is 0. The Morgan fingerprint density at radius 2 is 0.733 bits per heavy atom. The molecule has 1 rings (SSSR count). The van der Waals surface area contributed by atoms with E-state index in [-0.39, 0.29) is 77.4 Å². The molecule has 0 spiro atoms. The summed E-state index contributed by atoms with van der Waals surface area (Å²) in [6.45, 7) is -0.180. The molecule has 0 fully saturated rings. The first-order valence-electron chi connectivity index (χ1n) is 9.75. The molecule has 0 radical (unpaired) electrons. The van der Waals surface area contributed by atoms with Gasteiger partial charge < -0.3 is 15.3 Å². The Balaban J connectivity index is 3.10. The molecule has 0 aliphatic rings. The first-order chi connectivity index (χ1) is 14.1.